The Morgan fingerprint density at radius 2 is 1.66 bits per heavy atom. The van der Waals surface area contributed by atoms with Crippen molar-refractivity contribution in [3.05, 3.63) is 70.5 Å². The van der Waals surface area contributed by atoms with Crippen LogP contribution < -0.4 is 5.32 Å². The van der Waals surface area contributed by atoms with Crippen LogP contribution in [0.1, 0.15) is 80.5 Å². The summed E-state index contributed by atoms with van der Waals surface area (Å²) in [6.45, 7) is 7.10. The topological polar surface area (TPSA) is 15.3 Å². The highest BCUT2D eigenvalue weighted by Gasteiger charge is 2.27. The first kappa shape index (κ1) is 21.9. The number of fused-ring (bicyclic) bond motifs is 1. The van der Waals surface area contributed by atoms with Gasteiger partial charge in [-0.05, 0) is 118 Å². The molecule has 0 spiro atoms. The molecule has 1 heterocycles. The molecule has 2 nitrogen and oxygen atoms in total. The molecule has 0 aromatic heterocycles. The van der Waals surface area contributed by atoms with Crippen molar-refractivity contribution in [3.8, 4) is 0 Å². The molecular formula is C29H37FN2. The lowest BCUT2D eigenvalue weighted by Gasteiger charge is -2.38. The third-order valence-electron chi connectivity index (χ3n) is 8.01. The lowest BCUT2D eigenvalue weighted by molar-refractivity contribution is 0.151. The van der Waals surface area contributed by atoms with Crippen molar-refractivity contribution in [2.24, 2.45) is 0 Å². The van der Waals surface area contributed by atoms with Crippen LogP contribution in [0.15, 0.2) is 42.5 Å². The molecule has 2 aliphatic carbocycles. The van der Waals surface area contributed by atoms with Gasteiger partial charge < -0.3 is 10.2 Å². The van der Waals surface area contributed by atoms with Crippen LogP contribution in [0.5, 0.6) is 0 Å². The van der Waals surface area contributed by atoms with Gasteiger partial charge in [-0.15, -0.1) is 0 Å². The van der Waals surface area contributed by atoms with Gasteiger partial charge in [-0.3, -0.25) is 0 Å². The first-order chi connectivity index (χ1) is 15.5. The maximum atomic E-state index is 13.6. The summed E-state index contributed by atoms with van der Waals surface area (Å²) in [5.41, 5.74) is 6.37. The van der Waals surface area contributed by atoms with Crippen LogP contribution in [-0.4, -0.2) is 36.1 Å². The zero-order chi connectivity index (χ0) is 22.1. The first-order valence-electron chi connectivity index (χ1n) is 12.6. The summed E-state index contributed by atoms with van der Waals surface area (Å²) in [7, 11) is 0. The number of hydrogen-bond donors (Lipinski definition) is 1. The van der Waals surface area contributed by atoms with E-state index in [0.717, 1.165) is 12.0 Å². The smallest absolute Gasteiger partial charge is 0.123 e. The van der Waals surface area contributed by atoms with Gasteiger partial charge in [-0.2, -0.15) is 0 Å². The summed E-state index contributed by atoms with van der Waals surface area (Å²) < 4.78 is 13.6. The molecule has 0 unspecified atom stereocenters. The van der Waals surface area contributed by atoms with Crippen molar-refractivity contribution < 1.29 is 4.39 Å². The number of nitrogens with one attached hydrogen (secondary N) is 1. The van der Waals surface area contributed by atoms with Crippen molar-refractivity contribution in [1.82, 2.24) is 10.2 Å². The SMILES string of the molecule is CC(C)N1CCC(NC2CCC(c3cccc(C4=Cc5cc(F)ccc5C4)c3)CC2)CC1. The minimum atomic E-state index is -0.147. The zero-order valence-corrected chi connectivity index (χ0v) is 19.6. The van der Waals surface area contributed by atoms with E-state index >= 15 is 0 Å². The van der Waals surface area contributed by atoms with Crippen LogP contribution >= 0.6 is 0 Å². The number of hydrogen-bond acceptors (Lipinski definition) is 2. The molecule has 1 aliphatic heterocycles. The minimum Gasteiger partial charge on any atom is -0.311 e. The van der Waals surface area contributed by atoms with Crippen molar-refractivity contribution in [1.29, 1.82) is 0 Å². The lowest BCUT2D eigenvalue weighted by atomic mass is 9.80. The maximum Gasteiger partial charge on any atom is 0.123 e. The van der Waals surface area contributed by atoms with Gasteiger partial charge in [-0.1, -0.05) is 36.4 Å². The molecule has 0 radical (unpaired) electrons. The number of rotatable bonds is 5. The highest BCUT2D eigenvalue weighted by molar-refractivity contribution is 5.88. The van der Waals surface area contributed by atoms with Crippen LogP contribution in [-0.2, 0) is 6.42 Å². The van der Waals surface area contributed by atoms with Gasteiger partial charge in [0.15, 0.2) is 0 Å². The van der Waals surface area contributed by atoms with Crippen LogP contribution in [0.3, 0.4) is 0 Å². The standard InChI is InChI=1S/C29H37FN2/c1-20(2)32-14-12-29(13-15-32)31-28-10-7-21(8-11-28)22-4-3-5-23(16-22)25-17-24-6-9-27(30)19-26(24)18-25/h3-6,9,16,18-21,28-29,31H,7-8,10-15,17H2,1-2H3. The summed E-state index contributed by atoms with van der Waals surface area (Å²) in [6, 6.07) is 16.4. The Balaban J connectivity index is 1.16. The Hall–Kier alpha value is -1.97. The molecule has 2 aromatic carbocycles. The van der Waals surface area contributed by atoms with Gasteiger partial charge in [-0.25, -0.2) is 4.39 Å². The number of allylic oxidation sites excluding steroid dienone is 1. The number of halogens is 1. The van der Waals surface area contributed by atoms with E-state index in [4.69, 9.17) is 0 Å². The molecule has 5 rings (SSSR count). The molecule has 0 amide bonds. The van der Waals surface area contributed by atoms with Crippen molar-refractivity contribution in [3.63, 3.8) is 0 Å². The summed E-state index contributed by atoms with van der Waals surface area (Å²) in [5.74, 6) is 0.517. The fraction of sp³-hybridized carbons (Fsp3) is 0.517. The van der Waals surface area contributed by atoms with Gasteiger partial charge in [0.25, 0.3) is 0 Å². The number of piperidine rings is 1. The van der Waals surface area contributed by atoms with E-state index in [2.05, 4.69) is 54.4 Å². The average Bonchev–Trinajstić information content (AvgIpc) is 3.23. The van der Waals surface area contributed by atoms with E-state index in [0.29, 0.717) is 24.0 Å². The number of likely N-dealkylation sites (tertiary alicyclic amines) is 1. The average molecular weight is 433 g/mol. The van der Waals surface area contributed by atoms with E-state index in [1.807, 2.05) is 6.07 Å². The van der Waals surface area contributed by atoms with Crippen molar-refractivity contribution in [2.45, 2.75) is 82.8 Å². The molecule has 1 saturated heterocycles. The molecular weight excluding hydrogens is 395 g/mol. The van der Waals surface area contributed by atoms with E-state index in [9.17, 15) is 4.39 Å². The predicted octanol–water partition coefficient (Wildman–Crippen LogP) is 6.41. The molecule has 0 atom stereocenters. The second-order valence-electron chi connectivity index (χ2n) is 10.4. The summed E-state index contributed by atoms with van der Waals surface area (Å²) >= 11 is 0. The third kappa shape index (κ3) is 4.84. The maximum absolute atomic E-state index is 13.6. The van der Waals surface area contributed by atoms with Crippen molar-refractivity contribution >= 4 is 11.6 Å². The van der Waals surface area contributed by atoms with Crippen LogP contribution in [0.25, 0.3) is 11.6 Å². The van der Waals surface area contributed by atoms with E-state index in [1.54, 1.807) is 12.1 Å². The van der Waals surface area contributed by atoms with E-state index in [1.165, 1.54) is 73.9 Å². The molecule has 0 bridgehead atoms. The predicted molar refractivity (Wildman–Crippen MR) is 132 cm³/mol. The van der Waals surface area contributed by atoms with Crippen molar-refractivity contribution in [2.75, 3.05) is 13.1 Å². The quantitative estimate of drug-likeness (QED) is 0.587. The Labute approximate surface area is 192 Å². The van der Waals surface area contributed by atoms with Gasteiger partial charge in [0.2, 0.25) is 0 Å². The molecule has 1 N–H and O–H groups in total. The number of nitrogens with zero attached hydrogens (tertiary/aromatic N) is 1. The lowest BCUT2D eigenvalue weighted by Crippen LogP contribution is -2.48. The monoisotopic (exact) mass is 432 g/mol. The second-order valence-corrected chi connectivity index (χ2v) is 10.4. The summed E-state index contributed by atoms with van der Waals surface area (Å²) in [6.07, 6.45) is 10.8. The largest absolute Gasteiger partial charge is 0.311 e. The van der Waals surface area contributed by atoms with Gasteiger partial charge in [0.05, 0.1) is 0 Å². The van der Waals surface area contributed by atoms with Crippen LogP contribution in [0.4, 0.5) is 4.39 Å². The second kappa shape index (κ2) is 9.49. The highest BCUT2D eigenvalue weighted by atomic mass is 19.1. The molecule has 3 heteroatoms. The van der Waals surface area contributed by atoms with E-state index < -0.39 is 0 Å². The van der Waals surface area contributed by atoms with Gasteiger partial charge in [0.1, 0.15) is 5.82 Å². The fourth-order valence-electron chi connectivity index (χ4n) is 5.99. The molecule has 2 fully saturated rings. The normalized spacial score (nSPS) is 24.6. The molecule has 1 saturated carbocycles. The summed E-state index contributed by atoms with van der Waals surface area (Å²) in [5, 5.41) is 3.99. The van der Waals surface area contributed by atoms with Crippen LogP contribution in [0, 0.1) is 5.82 Å². The fourth-order valence-corrected chi connectivity index (χ4v) is 5.99. The first-order valence-corrected chi connectivity index (χ1v) is 12.6. The Morgan fingerprint density at radius 3 is 2.41 bits per heavy atom. The molecule has 3 aliphatic rings. The third-order valence-corrected chi connectivity index (χ3v) is 8.01. The summed E-state index contributed by atoms with van der Waals surface area (Å²) in [4.78, 5) is 2.61. The van der Waals surface area contributed by atoms with Gasteiger partial charge >= 0.3 is 0 Å². The van der Waals surface area contributed by atoms with Crippen LogP contribution in [0.2, 0.25) is 0 Å². The minimum absolute atomic E-state index is 0.147. The van der Waals surface area contributed by atoms with E-state index in [-0.39, 0.29) is 5.82 Å². The zero-order valence-electron chi connectivity index (χ0n) is 19.6. The highest BCUT2D eigenvalue weighted by Crippen LogP contribution is 2.37. The molecule has 32 heavy (non-hydrogen) atoms. The Morgan fingerprint density at radius 1 is 0.906 bits per heavy atom. The van der Waals surface area contributed by atoms with Gasteiger partial charge in [0, 0.05) is 18.1 Å². The Kier molecular flexibility index (Phi) is 6.48. The number of benzene rings is 2. The molecule has 170 valence electrons. The Bertz CT molecular complexity index is 963. The molecule has 2 aromatic rings.